The molecule has 0 saturated carbocycles. The van der Waals surface area contributed by atoms with Gasteiger partial charge in [-0.3, -0.25) is 4.99 Å². The largest absolute Gasteiger partial charge is 0.493 e. The van der Waals surface area contributed by atoms with Crippen molar-refractivity contribution in [2.24, 2.45) is 10.9 Å². The summed E-state index contributed by atoms with van der Waals surface area (Å²) in [6.07, 6.45) is 2.94. The summed E-state index contributed by atoms with van der Waals surface area (Å²) in [6.45, 7) is 3.07. The van der Waals surface area contributed by atoms with Gasteiger partial charge in [-0.15, -0.1) is 0 Å². The quantitative estimate of drug-likeness (QED) is 0.371. The Morgan fingerprint density at radius 2 is 2.19 bits per heavy atom. The van der Waals surface area contributed by atoms with E-state index in [-0.39, 0.29) is 5.92 Å². The lowest BCUT2D eigenvalue weighted by atomic mass is 10.1. The summed E-state index contributed by atoms with van der Waals surface area (Å²) in [6, 6.07) is 7.69. The van der Waals surface area contributed by atoms with Gasteiger partial charge in [0.15, 0.2) is 5.96 Å². The summed E-state index contributed by atoms with van der Waals surface area (Å²) >= 11 is 0. The number of aliphatic imine (C=N–C) groups is 1. The predicted octanol–water partition coefficient (Wildman–Crippen LogP) is 1.37. The maximum absolute atomic E-state index is 11.6. The number of nitrogens with one attached hydrogen (secondary N) is 2. The SMILES string of the molecule is CN=C(NCC1CCN(S(C)(=O)=O)C1)Nc1cccc(OCCCOC)c1. The van der Waals surface area contributed by atoms with E-state index < -0.39 is 10.0 Å². The maximum Gasteiger partial charge on any atom is 0.211 e. The molecule has 1 aliphatic heterocycles. The third-order valence-corrected chi connectivity index (χ3v) is 5.63. The highest BCUT2D eigenvalue weighted by atomic mass is 32.2. The van der Waals surface area contributed by atoms with Crippen LogP contribution in [0.1, 0.15) is 12.8 Å². The van der Waals surface area contributed by atoms with Gasteiger partial charge in [0.2, 0.25) is 10.0 Å². The summed E-state index contributed by atoms with van der Waals surface area (Å²) in [7, 11) is 0.274. The van der Waals surface area contributed by atoms with Crippen molar-refractivity contribution in [2.75, 3.05) is 58.6 Å². The molecule has 0 aromatic heterocycles. The second-order valence-corrected chi connectivity index (χ2v) is 8.56. The van der Waals surface area contributed by atoms with Crippen LogP contribution in [0.3, 0.4) is 0 Å². The number of guanidine groups is 1. The number of rotatable bonds is 9. The molecule has 9 heteroatoms. The minimum absolute atomic E-state index is 0.272. The van der Waals surface area contributed by atoms with Crippen molar-refractivity contribution in [3.05, 3.63) is 24.3 Å². The average Bonchev–Trinajstić information content (AvgIpc) is 3.12. The van der Waals surface area contributed by atoms with E-state index in [9.17, 15) is 8.42 Å². The van der Waals surface area contributed by atoms with Crippen LogP contribution in [-0.4, -0.2) is 71.9 Å². The van der Waals surface area contributed by atoms with Gasteiger partial charge < -0.3 is 20.1 Å². The van der Waals surface area contributed by atoms with Gasteiger partial charge in [0.1, 0.15) is 5.75 Å². The first-order valence-electron chi connectivity index (χ1n) is 9.07. The van der Waals surface area contributed by atoms with Crippen molar-refractivity contribution in [1.82, 2.24) is 9.62 Å². The molecular weight excluding hydrogens is 368 g/mol. The van der Waals surface area contributed by atoms with Crippen LogP contribution >= 0.6 is 0 Å². The van der Waals surface area contributed by atoms with E-state index in [1.54, 1.807) is 14.2 Å². The first-order valence-corrected chi connectivity index (χ1v) is 10.9. The summed E-state index contributed by atoms with van der Waals surface area (Å²) in [5.41, 5.74) is 0.872. The topological polar surface area (TPSA) is 92.3 Å². The van der Waals surface area contributed by atoms with Crippen LogP contribution in [0.25, 0.3) is 0 Å². The normalized spacial score (nSPS) is 18.5. The van der Waals surface area contributed by atoms with Crippen LogP contribution in [0.15, 0.2) is 29.3 Å². The number of benzene rings is 1. The number of hydrogen-bond donors (Lipinski definition) is 2. The monoisotopic (exact) mass is 398 g/mol. The van der Waals surface area contributed by atoms with E-state index in [2.05, 4.69) is 15.6 Å². The Balaban J connectivity index is 1.81. The third kappa shape index (κ3) is 7.36. The third-order valence-electron chi connectivity index (χ3n) is 4.36. The van der Waals surface area contributed by atoms with Crippen LogP contribution in [0.2, 0.25) is 0 Å². The van der Waals surface area contributed by atoms with Gasteiger partial charge in [0.05, 0.1) is 12.9 Å². The number of nitrogens with zero attached hydrogens (tertiary/aromatic N) is 2. The molecule has 2 N–H and O–H groups in total. The van der Waals surface area contributed by atoms with Crippen molar-refractivity contribution < 1.29 is 17.9 Å². The number of methoxy groups -OCH3 is 1. The second-order valence-electron chi connectivity index (χ2n) is 6.58. The number of ether oxygens (including phenoxy) is 2. The first-order chi connectivity index (χ1) is 12.9. The lowest BCUT2D eigenvalue weighted by Gasteiger charge is -2.16. The fourth-order valence-corrected chi connectivity index (χ4v) is 3.80. The van der Waals surface area contributed by atoms with Crippen molar-refractivity contribution in [1.29, 1.82) is 0 Å². The Labute approximate surface area is 162 Å². The van der Waals surface area contributed by atoms with Crippen molar-refractivity contribution in [2.45, 2.75) is 12.8 Å². The smallest absolute Gasteiger partial charge is 0.211 e. The Morgan fingerprint density at radius 1 is 1.37 bits per heavy atom. The van der Waals surface area contributed by atoms with E-state index in [0.29, 0.717) is 38.8 Å². The number of anilines is 1. The summed E-state index contributed by atoms with van der Waals surface area (Å²) < 4.78 is 35.5. The van der Waals surface area contributed by atoms with Crippen molar-refractivity contribution >= 4 is 21.7 Å². The zero-order valence-electron chi connectivity index (χ0n) is 16.3. The van der Waals surface area contributed by atoms with E-state index in [4.69, 9.17) is 9.47 Å². The van der Waals surface area contributed by atoms with Gasteiger partial charge in [-0.05, 0) is 24.5 Å². The molecule has 1 heterocycles. The zero-order valence-corrected chi connectivity index (χ0v) is 17.1. The average molecular weight is 399 g/mol. The van der Waals surface area contributed by atoms with Gasteiger partial charge in [0, 0.05) is 58.6 Å². The fourth-order valence-electron chi connectivity index (χ4n) is 2.88. The van der Waals surface area contributed by atoms with Crippen LogP contribution in [0.5, 0.6) is 5.75 Å². The molecule has 152 valence electrons. The molecule has 27 heavy (non-hydrogen) atoms. The molecule has 8 nitrogen and oxygen atoms in total. The minimum Gasteiger partial charge on any atom is -0.493 e. The van der Waals surface area contributed by atoms with Crippen LogP contribution in [0, 0.1) is 5.92 Å². The van der Waals surface area contributed by atoms with Crippen molar-refractivity contribution in [3.8, 4) is 5.75 Å². The van der Waals surface area contributed by atoms with Gasteiger partial charge in [-0.25, -0.2) is 12.7 Å². The van der Waals surface area contributed by atoms with Gasteiger partial charge in [-0.1, -0.05) is 6.07 Å². The molecule has 0 radical (unpaired) electrons. The lowest BCUT2D eigenvalue weighted by molar-refractivity contribution is 0.172. The Kier molecular flexibility index (Phi) is 8.33. The van der Waals surface area contributed by atoms with E-state index in [1.165, 1.54) is 10.6 Å². The summed E-state index contributed by atoms with van der Waals surface area (Å²) in [5.74, 6) is 1.70. The van der Waals surface area contributed by atoms with Gasteiger partial charge in [-0.2, -0.15) is 0 Å². The molecule has 0 spiro atoms. The standard InChI is InChI=1S/C18H30N4O4S/c1-19-18(20-13-15-8-9-22(14-15)27(3,23)24)21-16-6-4-7-17(12-16)26-11-5-10-25-2/h4,6-7,12,15H,5,8-11,13-14H2,1-3H3,(H2,19,20,21). The molecule has 1 aromatic rings. The number of hydrogen-bond acceptors (Lipinski definition) is 5. The van der Waals surface area contributed by atoms with E-state index >= 15 is 0 Å². The van der Waals surface area contributed by atoms with E-state index in [1.807, 2.05) is 24.3 Å². The predicted molar refractivity (Wildman–Crippen MR) is 108 cm³/mol. The number of sulfonamides is 1. The van der Waals surface area contributed by atoms with E-state index in [0.717, 1.165) is 24.3 Å². The second kappa shape index (κ2) is 10.5. The van der Waals surface area contributed by atoms with Crippen LogP contribution in [0.4, 0.5) is 5.69 Å². The maximum atomic E-state index is 11.6. The molecule has 1 aliphatic rings. The van der Waals surface area contributed by atoms with Crippen LogP contribution in [-0.2, 0) is 14.8 Å². The van der Waals surface area contributed by atoms with Crippen LogP contribution < -0.4 is 15.4 Å². The Bertz CT molecular complexity index is 724. The van der Waals surface area contributed by atoms with Gasteiger partial charge >= 0.3 is 0 Å². The molecule has 1 unspecified atom stereocenters. The Morgan fingerprint density at radius 3 is 2.85 bits per heavy atom. The molecule has 1 aromatic carbocycles. The first kappa shape index (κ1) is 21.5. The lowest BCUT2D eigenvalue weighted by Crippen LogP contribution is -2.36. The highest BCUT2D eigenvalue weighted by Gasteiger charge is 2.28. The molecule has 0 aliphatic carbocycles. The van der Waals surface area contributed by atoms with Crippen molar-refractivity contribution in [3.63, 3.8) is 0 Å². The molecule has 1 atom stereocenters. The molecular formula is C18H30N4O4S. The van der Waals surface area contributed by atoms with Gasteiger partial charge in [0.25, 0.3) is 0 Å². The Hall–Kier alpha value is -1.84. The molecule has 0 amide bonds. The summed E-state index contributed by atoms with van der Waals surface area (Å²) in [5, 5.41) is 6.51. The highest BCUT2D eigenvalue weighted by Crippen LogP contribution is 2.19. The summed E-state index contributed by atoms with van der Waals surface area (Å²) in [4.78, 5) is 4.23. The molecule has 1 fully saturated rings. The fraction of sp³-hybridized carbons (Fsp3) is 0.611. The minimum atomic E-state index is -3.11. The molecule has 2 rings (SSSR count). The highest BCUT2D eigenvalue weighted by molar-refractivity contribution is 7.88. The molecule has 1 saturated heterocycles. The molecule has 0 bridgehead atoms. The zero-order chi connectivity index (χ0) is 19.7.